The third-order valence-corrected chi connectivity index (χ3v) is 2.11. The van der Waals surface area contributed by atoms with Gasteiger partial charge in [0, 0.05) is 6.20 Å². The third-order valence-electron chi connectivity index (χ3n) is 2.11. The summed E-state index contributed by atoms with van der Waals surface area (Å²) in [6.45, 7) is 6.49. The standard InChI is InChI=1S/C13H17NO/c1-4-7-12(5-2)15-10-13-11(3)8-6-9-14-13/h4-9H,10H2,1-3H3/b7-4-,12-5+. The molecule has 1 heterocycles. The highest BCUT2D eigenvalue weighted by molar-refractivity contribution is 5.18. The molecule has 0 radical (unpaired) electrons. The van der Waals surface area contributed by atoms with Crippen molar-refractivity contribution in [1.29, 1.82) is 0 Å². The molecule has 0 aliphatic rings. The second kappa shape index (κ2) is 6.02. The van der Waals surface area contributed by atoms with Gasteiger partial charge in [-0.1, -0.05) is 12.1 Å². The average molecular weight is 203 g/mol. The van der Waals surface area contributed by atoms with E-state index in [1.165, 1.54) is 0 Å². The maximum absolute atomic E-state index is 5.61. The van der Waals surface area contributed by atoms with Crippen LogP contribution in [0.25, 0.3) is 0 Å². The quantitative estimate of drug-likeness (QED) is 0.552. The molecule has 0 amide bonds. The molecule has 0 saturated heterocycles. The van der Waals surface area contributed by atoms with Gasteiger partial charge >= 0.3 is 0 Å². The van der Waals surface area contributed by atoms with Crippen LogP contribution in [0.15, 0.2) is 42.3 Å². The smallest absolute Gasteiger partial charge is 0.130 e. The van der Waals surface area contributed by atoms with Gasteiger partial charge in [-0.25, -0.2) is 0 Å². The Hall–Kier alpha value is -1.57. The molecule has 0 bridgehead atoms. The van der Waals surface area contributed by atoms with Gasteiger partial charge in [0.25, 0.3) is 0 Å². The molecule has 0 aliphatic carbocycles. The Morgan fingerprint density at radius 2 is 2.27 bits per heavy atom. The maximum Gasteiger partial charge on any atom is 0.130 e. The van der Waals surface area contributed by atoms with Gasteiger partial charge in [-0.2, -0.15) is 0 Å². The average Bonchev–Trinajstić information content (AvgIpc) is 2.26. The van der Waals surface area contributed by atoms with Crippen molar-refractivity contribution in [3.63, 3.8) is 0 Å². The largest absolute Gasteiger partial charge is 0.488 e. The summed E-state index contributed by atoms with van der Waals surface area (Å²) < 4.78 is 5.61. The van der Waals surface area contributed by atoms with E-state index in [1.54, 1.807) is 6.20 Å². The zero-order valence-electron chi connectivity index (χ0n) is 9.53. The zero-order valence-corrected chi connectivity index (χ0v) is 9.53. The minimum Gasteiger partial charge on any atom is -0.488 e. The predicted octanol–water partition coefficient (Wildman–Crippen LogP) is 3.39. The molecule has 2 nitrogen and oxygen atoms in total. The number of allylic oxidation sites excluding steroid dienone is 3. The minimum atomic E-state index is 0.524. The first-order chi connectivity index (χ1) is 7.27. The van der Waals surface area contributed by atoms with Crippen LogP contribution in [0.4, 0.5) is 0 Å². The van der Waals surface area contributed by atoms with Crippen LogP contribution in [0.2, 0.25) is 0 Å². The van der Waals surface area contributed by atoms with E-state index in [-0.39, 0.29) is 0 Å². The molecule has 1 rings (SSSR count). The van der Waals surface area contributed by atoms with Gasteiger partial charge < -0.3 is 4.74 Å². The predicted molar refractivity (Wildman–Crippen MR) is 62.3 cm³/mol. The molecule has 0 unspecified atom stereocenters. The molecular weight excluding hydrogens is 186 g/mol. The van der Waals surface area contributed by atoms with Gasteiger partial charge in [-0.05, 0) is 44.6 Å². The molecule has 0 atom stereocenters. The Morgan fingerprint density at radius 3 is 2.87 bits per heavy atom. The van der Waals surface area contributed by atoms with Crippen molar-refractivity contribution in [2.75, 3.05) is 0 Å². The zero-order chi connectivity index (χ0) is 11.1. The van der Waals surface area contributed by atoms with E-state index in [2.05, 4.69) is 4.98 Å². The van der Waals surface area contributed by atoms with Crippen molar-refractivity contribution in [2.24, 2.45) is 0 Å². The van der Waals surface area contributed by atoms with Crippen molar-refractivity contribution < 1.29 is 4.74 Å². The first kappa shape index (κ1) is 11.5. The van der Waals surface area contributed by atoms with Crippen LogP contribution in [0, 0.1) is 6.92 Å². The summed E-state index contributed by atoms with van der Waals surface area (Å²) in [6, 6.07) is 3.97. The van der Waals surface area contributed by atoms with Crippen LogP contribution in [0.3, 0.4) is 0 Å². The molecule has 1 aromatic rings. The van der Waals surface area contributed by atoms with Crippen molar-refractivity contribution >= 4 is 0 Å². The number of hydrogen-bond donors (Lipinski definition) is 0. The van der Waals surface area contributed by atoms with Crippen LogP contribution >= 0.6 is 0 Å². The summed E-state index contributed by atoms with van der Waals surface area (Å²) in [5, 5.41) is 0. The number of pyridine rings is 1. The number of hydrogen-bond acceptors (Lipinski definition) is 2. The van der Waals surface area contributed by atoms with E-state index in [4.69, 9.17) is 4.74 Å². The Balaban J connectivity index is 2.61. The highest BCUT2D eigenvalue weighted by Crippen LogP contribution is 2.08. The van der Waals surface area contributed by atoms with E-state index < -0.39 is 0 Å². The summed E-state index contributed by atoms with van der Waals surface area (Å²) in [5.41, 5.74) is 2.15. The number of rotatable bonds is 4. The number of nitrogens with zero attached hydrogens (tertiary/aromatic N) is 1. The van der Waals surface area contributed by atoms with Gasteiger partial charge in [0.05, 0.1) is 5.69 Å². The normalized spacial score (nSPS) is 12.1. The molecule has 2 heteroatoms. The fourth-order valence-electron chi connectivity index (χ4n) is 1.21. The molecule has 0 N–H and O–H groups in total. The van der Waals surface area contributed by atoms with Crippen molar-refractivity contribution in [2.45, 2.75) is 27.4 Å². The van der Waals surface area contributed by atoms with E-state index in [9.17, 15) is 0 Å². The topological polar surface area (TPSA) is 22.1 Å². The van der Waals surface area contributed by atoms with Gasteiger partial charge in [-0.3, -0.25) is 4.98 Å². The summed E-state index contributed by atoms with van der Waals surface area (Å²) >= 11 is 0. The van der Waals surface area contributed by atoms with Crippen LogP contribution < -0.4 is 0 Å². The monoisotopic (exact) mass is 203 g/mol. The van der Waals surface area contributed by atoms with E-state index in [0.29, 0.717) is 6.61 Å². The van der Waals surface area contributed by atoms with Crippen molar-refractivity contribution in [1.82, 2.24) is 4.98 Å². The lowest BCUT2D eigenvalue weighted by molar-refractivity contribution is 0.206. The van der Waals surface area contributed by atoms with E-state index in [0.717, 1.165) is 17.0 Å². The molecule has 1 aromatic heterocycles. The Morgan fingerprint density at radius 1 is 1.47 bits per heavy atom. The number of aromatic nitrogens is 1. The van der Waals surface area contributed by atoms with Gasteiger partial charge in [0.15, 0.2) is 0 Å². The van der Waals surface area contributed by atoms with Gasteiger partial charge in [0.2, 0.25) is 0 Å². The molecule has 0 saturated carbocycles. The van der Waals surface area contributed by atoms with Crippen LogP contribution in [0.5, 0.6) is 0 Å². The summed E-state index contributed by atoms with van der Waals surface area (Å²) in [7, 11) is 0. The van der Waals surface area contributed by atoms with E-state index >= 15 is 0 Å². The third kappa shape index (κ3) is 3.58. The lowest BCUT2D eigenvalue weighted by atomic mass is 10.2. The molecule has 0 aromatic carbocycles. The molecule has 0 fully saturated rings. The highest BCUT2D eigenvalue weighted by Gasteiger charge is 1.99. The lowest BCUT2D eigenvalue weighted by Gasteiger charge is -2.07. The summed E-state index contributed by atoms with van der Waals surface area (Å²) in [5.74, 6) is 0.877. The fraction of sp³-hybridized carbons (Fsp3) is 0.308. The van der Waals surface area contributed by atoms with Crippen LogP contribution in [-0.4, -0.2) is 4.98 Å². The highest BCUT2D eigenvalue weighted by atomic mass is 16.5. The fourth-order valence-corrected chi connectivity index (χ4v) is 1.21. The molecule has 0 spiro atoms. The second-order valence-corrected chi connectivity index (χ2v) is 3.25. The van der Waals surface area contributed by atoms with Crippen LogP contribution in [-0.2, 0) is 11.3 Å². The Bertz CT molecular complexity index is 367. The van der Waals surface area contributed by atoms with E-state index in [1.807, 2.05) is 51.1 Å². The summed E-state index contributed by atoms with van der Waals surface area (Å²) in [6.07, 6.45) is 7.63. The first-order valence-corrected chi connectivity index (χ1v) is 5.10. The Kier molecular flexibility index (Phi) is 4.61. The minimum absolute atomic E-state index is 0.524. The summed E-state index contributed by atoms with van der Waals surface area (Å²) in [4.78, 5) is 4.27. The molecule has 80 valence electrons. The van der Waals surface area contributed by atoms with Gasteiger partial charge in [0.1, 0.15) is 12.4 Å². The van der Waals surface area contributed by atoms with Crippen LogP contribution in [0.1, 0.15) is 25.1 Å². The second-order valence-electron chi connectivity index (χ2n) is 3.25. The van der Waals surface area contributed by atoms with Gasteiger partial charge in [-0.15, -0.1) is 0 Å². The molecule has 15 heavy (non-hydrogen) atoms. The number of ether oxygens (including phenoxy) is 1. The first-order valence-electron chi connectivity index (χ1n) is 5.10. The van der Waals surface area contributed by atoms with Crippen molar-refractivity contribution in [3.05, 3.63) is 53.6 Å². The van der Waals surface area contributed by atoms with Crippen molar-refractivity contribution in [3.8, 4) is 0 Å². The number of aryl methyl sites for hydroxylation is 1. The lowest BCUT2D eigenvalue weighted by Crippen LogP contribution is -1.97. The Labute approximate surface area is 91.3 Å². The molecule has 0 aliphatic heterocycles. The maximum atomic E-state index is 5.61. The molecular formula is C13H17NO. The SMILES string of the molecule is C/C=C\C(=C/C)OCc1ncccc1C.